The molecule has 0 radical (unpaired) electrons. The number of hydrogen-bond donors (Lipinski definition) is 0. The molecule has 3 aromatic rings. The van der Waals surface area contributed by atoms with E-state index in [0.717, 1.165) is 0 Å². The van der Waals surface area contributed by atoms with E-state index in [1.807, 2.05) is 0 Å². The number of aromatic nitrogens is 1. The van der Waals surface area contributed by atoms with Crippen molar-refractivity contribution in [2.45, 2.75) is 6.04 Å². The second-order valence-electron chi connectivity index (χ2n) is 4.35. The van der Waals surface area contributed by atoms with E-state index in [0.29, 0.717) is 0 Å². The number of hydrogen-bond acceptors (Lipinski definition) is 0. The van der Waals surface area contributed by atoms with Gasteiger partial charge in [-0.15, -0.1) is 0 Å². The van der Waals surface area contributed by atoms with E-state index in [1.54, 1.807) is 0 Å². The molecule has 0 aliphatic rings. The van der Waals surface area contributed by atoms with Crippen LogP contribution in [0.25, 0.3) is 0 Å². The van der Waals surface area contributed by atoms with Crippen LogP contribution in [0.4, 0.5) is 0 Å². The summed E-state index contributed by atoms with van der Waals surface area (Å²) in [5.41, 5.74) is 2.61. The van der Waals surface area contributed by atoms with Gasteiger partial charge in [0.1, 0.15) is 0 Å². The molecule has 1 heterocycles. The molecule has 0 saturated heterocycles. The predicted octanol–water partition coefficient (Wildman–Crippen LogP) is 4.13. The van der Waals surface area contributed by atoms with Crippen LogP contribution < -0.4 is 0 Å². The first-order valence-corrected chi connectivity index (χ1v) is 6.17. The van der Waals surface area contributed by atoms with E-state index in [2.05, 4.69) is 89.8 Å². The van der Waals surface area contributed by atoms with Crippen LogP contribution in [-0.2, 0) is 0 Å². The largest absolute Gasteiger partial charge is 0.343 e. The Hall–Kier alpha value is -2.28. The van der Waals surface area contributed by atoms with E-state index >= 15 is 0 Å². The molecule has 0 N–H and O–H groups in total. The molecule has 0 spiro atoms. The van der Waals surface area contributed by atoms with E-state index < -0.39 is 0 Å². The molecule has 0 amide bonds. The van der Waals surface area contributed by atoms with Crippen molar-refractivity contribution in [2.75, 3.05) is 0 Å². The summed E-state index contributed by atoms with van der Waals surface area (Å²) < 4.78 is 2.24. The van der Waals surface area contributed by atoms with Gasteiger partial charge in [-0.25, -0.2) is 0 Å². The Morgan fingerprint density at radius 1 is 0.556 bits per heavy atom. The first kappa shape index (κ1) is 10.8. The molecular weight excluding hydrogens is 218 g/mol. The minimum Gasteiger partial charge on any atom is -0.343 e. The Balaban J connectivity index is 2.11. The summed E-state index contributed by atoms with van der Waals surface area (Å²) in [6, 6.07) is 25.6. The molecule has 0 aliphatic carbocycles. The van der Waals surface area contributed by atoms with Crippen molar-refractivity contribution in [3.8, 4) is 0 Å². The third-order valence-corrected chi connectivity index (χ3v) is 3.16. The Morgan fingerprint density at radius 2 is 1.00 bits per heavy atom. The van der Waals surface area contributed by atoms with Gasteiger partial charge in [0.15, 0.2) is 0 Å². The molecule has 1 aromatic heterocycles. The molecule has 0 atom stereocenters. The van der Waals surface area contributed by atoms with E-state index in [1.165, 1.54) is 11.1 Å². The monoisotopic (exact) mass is 233 g/mol. The van der Waals surface area contributed by atoms with E-state index in [-0.39, 0.29) is 6.04 Å². The average molecular weight is 233 g/mol. The summed E-state index contributed by atoms with van der Waals surface area (Å²) in [6.07, 6.45) is 4.23. The number of rotatable bonds is 3. The molecule has 88 valence electrons. The summed E-state index contributed by atoms with van der Waals surface area (Å²) in [4.78, 5) is 0. The Kier molecular flexibility index (Phi) is 2.97. The molecule has 0 saturated carbocycles. The van der Waals surface area contributed by atoms with Crippen LogP contribution in [0, 0.1) is 0 Å². The predicted molar refractivity (Wildman–Crippen MR) is 74.6 cm³/mol. The minimum absolute atomic E-state index is 0.252. The van der Waals surface area contributed by atoms with Gasteiger partial charge in [-0.1, -0.05) is 60.7 Å². The van der Waals surface area contributed by atoms with Crippen molar-refractivity contribution in [2.24, 2.45) is 0 Å². The van der Waals surface area contributed by atoms with Crippen molar-refractivity contribution >= 4 is 0 Å². The summed E-state index contributed by atoms with van der Waals surface area (Å²) in [5.74, 6) is 0. The van der Waals surface area contributed by atoms with Crippen molar-refractivity contribution in [3.05, 3.63) is 96.3 Å². The van der Waals surface area contributed by atoms with Crippen LogP contribution in [0.15, 0.2) is 85.2 Å². The van der Waals surface area contributed by atoms with Gasteiger partial charge in [0, 0.05) is 12.4 Å². The standard InChI is InChI=1S/C17H15N/c1-3-9-15(10-4-1)17(18-13-7-8-14-18)16-11-5-2-6-12-16/h1-14,17H. The third-order valence-electron chi connectivity index (χ3n) is 3.16. The summed E-state index contributed by atoms with van der Waals surface area (Å²) in [7, 11) is 0. The van der Waals surface area contributed by atoms with Crippen molar-refractivity contribution in [3.63, 3.8) is 0 Å². The minimum atomic E-state index is 0.252. The quantitative estimate of drug-likeness (QED) is 0.641. The Morgan fingerprint density at radius 3 is 1.44 bits per heavy atom. The highest BCUT2D eigenvalue weighted by Gasteiger charge is 2.14. The number of nitrogens with zero attached hydrogens (tertiary/aromatic N) is 1. The maximum atomic E-state index is 2.24. The molecule has 0 fully saturated rings. The topological polar surface area (TPSA) is 4.93 Å². The van der Waals surface area contributed by atoms with Crippen molar-refractivity contribution < 1.29 is 0 Å². The molecule has 18 heavy (non-hydrogen) atoms. The highest BCUT2D eigenvalue weighted by Crippen LogP contribution is 2.26. The fraction of sp³-hybridized carbons (Fsp3) is 0.0588. The molecule has 0 aliphatic heterocycles. The highest BCUT2D eigenvalue weighted by atomic mass is 15.0. The van der Waals surface area contributed by atoms with Gasteiger partial charge in [0.05, 0.1) is 6.04 Å². The van der Waals surface area contributed by atoms with Crippen LogP contribution >= 0.6 is 0 Å². The maximum Gasteiger partial charge on any atom is 0.0833 e. The van der Waals surface area contributed by atoms with Gasteiger partial charge in [-0.2, -0.15) is 0 Å². The van der Waals surface area contributed by atoms with Crippen molar-refractivity contribution in [1.82, 2.24) is 4.57 Å². The molecular formula is C17H15N. The van der Waals surface area contributed by atoms with Crippen LogP contribution in [0.1, 0.15) is 17.2 Å². The highest BCUT2D eigenvalue weighted by molar-refractivity contribution is 5.32. The zero-order chi connectivity index (χ0) is 12.2. The number of benzene rings is 2. The molecule has 0 bridgehead atoms. The van der Waals surface area contributed by atoms with Crippen LogP contribution in [0.2, 0.25) is 0 Å². The maximum absolute atomic E-state index is 2.24. The smallest absolute Gasteiger partial charge is 0.0833 e. The van der Waals surface area contributed by atoms with Gasteiger partial charge >= 0.3 is 0 Å². The Labute approximate surface area is 107 Å². The summed E-state index contributed by atoms with van der Waals surface area (Å²) >= 11 is 0. The first-order valence-electron chi connectivity index (χ1n) is 6.17. The van der Waals surface area contributed by atoms with Crippen molar-refractivity contribution in [1.29, 1.82) is 0 Å². The van der Waals surface area contributed by atoms with Crippen LogP contribution in [0.3, 0.4) is 0 Å². The molecule has 2 aromatic carbocycles. The van der Waals surface area contributed by atoms with Gasteiger partial charge in [-0.3, -0.25) is 0 Å². The average Bonchev–Trinajstić information content (AvgIpc) is 2.95. The fourth-order valence-electron chi connectivity index (χ4n) is 2.33. The van der Waals surface area contributed by atoms with Gasteiger partial charge < -0.3 is 4.57 Å². The van der Waals surface area contributed by atoms with E-state index in [4.69, 9.17) is 0 Å². The van der Waals surface area contributed by atoms with Crippen LogP contribution in [-0.4, -0.2) is 4.57 Å². The Bertz CT molecular complexity index is 543. The van der Waals surface area contributed by atoms with Gasteiger partial charge in [0.25, 0.3) is 0 Å². The first-order chi connectivity index (χ1) is 8.95. The van der Waals surface area contributed by atoms with Crippen LogP contribution in [0.5, 0.6) is 0 Å². The summed E-state index contributed by atoms with van der Waals surface area (Å²) in [6.45, 7) is 0. The SMILES string of the molecule is c1ccc(C(c2ccccc2)n2cccc2)cc1. The zero-order valence-corrected chi connectivity index (χ0v) is 10.1. The van der Waals surface area contributed by atoms with Gasteiger partial charge in [-0.05, 0) is 23.3 Å². The second kappa shape index (κ2) is 4.92. The lowest BCUT2D eigenvalue weighted by Gasteiger charge is -2.20. The van der Waals surface area contributed by atoms with Gasteiger partial charge in [0.2, 0.25) is 0 Å². The third kappa shape index (κ3) is 2.07. The second-order valence-corrected chi connectivity index (χ2v) is 4.35. The van der Waals surface area contributed by atoms with E-state index in [9.17, 15) is 0 Å². The lowest BCUT2D eigenvalue weighted by atomic mass is 9.99. The molecule has 0 unspecified atom stereocenters. The normalized spacial score (nSPS) is 10.7. The summed E-state index contributed by atoms with van der Waals surface area (Å²) in [5, 5.41) is 0. The molecule has 3 rings (SSSR count). The molecule has 1 heteroatoms. The lowest BCUT2D eigenvalue weighted by Crippen LogP contribution is -2.10. The lowest BCUT2D eigenvalue weighted by molar-refractivity contribution is 0.682. The molecule has 1 nitrogen and oxygen atoms in total. The fourth-order valence-corrected chi connectivity index (χ4v) is 2.33. The zero-order valence-electron chi connectivity index (χ0n) is 10.1.